The topological polar surface area (TPSA) is 50.8 Å². The van der Waals surface area contributed by atoms with Crippen LogP contribution >= 0.6 is 0 Å². The first-order chi connectivity index (χ1) is 10.6. The van der Waals surface area contributed by atoms with E-state index in [1.54, 1.807) is 7.11 Å². The molecular formula is C17H24N2O3. The molecule has 0 aromatic heterocycles. The second-order valence-electron chi connectivity index (χ2n) is 6.40. The molecule has 2 aliphatic rings. The number of likely N-dealkylation sites (tertiary alicyclic amines) is 1. The van der Waals surface area contributed by atoms with Gasteiger partial charge in [-0.2, -0.15) is 0 Å². The number of rotatable bonds is 2. The fraction of sp³-hybridized carbons (Fsp3) is 0.588. The lowest BCUT2D eigenvalue weighted by atomic mass is 9.80. The molecule has 0 unspecified atom stereocenters. The smallest absolute Gasteiger partial charge is 0.321 e. The highest BCUT2D eigenvalue weighted by molar-refractivity contribution is 5.89. The van der Waals surface area contributed by atoms with E-state index in [0.29, 0.717) is 0 Å². The highest BCUT2D eigenvalue weighted by Gasteiger charge is 2.40. The lowest BCUT2D eigenvalue weighted by molar-refractivity contribution is 0.0211. The van der Waals surface area contributed by atoms with E-state index in [9.17, 15) is 4.79 Å². The van der Waals surface area contributed by atoms with Crippen molar-refractivity contribution in [1.82, 2.24) is 4.90 Å². The van der Waals surface area contributed by atoms with E-state index in [2.05, 4.69) is 5.32 Å². The summed E-state index contributed by atoms with van der Waals surface area (Å²) < 4.78 is 10.7. The van der Waals surface area contributed by atoms with Crippen molar-refractivity contribution >= 4 is 11.7 Å². The molecule has 0 saturated carbocycles. The molecule has 3 rings (SSSR count). The maximum atomic E-state index is 12.5. The Morgan fingerprint density at radius 2 is 2.09 bits per heavy atom. The van der Waals surface area contributed by atoms with Gasteiger partial charge in [0.2, 0.25) is 0 Å². The first-order valence-corrected chi connectivity index (χ1v) is 7.90. The Balaban J connectivity index is 1.62. The first-order valence-electron chi connectivity index (χ1n) is 7.90. The van der Waals surface area contributed by atoms with Gasteiger partial charge in [0.15, 0.2) is 0 Å². The molecule has 2 aliphatic heterocycles. The molecule has 5 heteroatoms. The van der Waals surface area contributed by atoms with Crippen LogP contribution in [0.15, 0.2) is 18.2 Å². The Labute approximate surface area is 131 Å². The van der Waals surface area contributed by atoms with E-state index in [4.69, 9.17) is 9.47 Å². The van der Waals surface area contributed by atoms with Crippen LogP contribution in [0.25, 0.3) is 0 Å². The van der Waals surface area contributed by atoms with E-state index in [-0.39, 0.29) is 11.4 Å². The monoisotopic (exact) mass is 304 g/mol. The molecule has 1 aromatic carbocycles. The summed E-state index contributed by atoms with van der Waals surface area (Å²) in [6.45, 7) is 5.31. The standard InChI is InChI=1S/C17H24N2O3/c1-13-11-14(3-4-15(13)21-2)18-16(20)19-8-5-17(12-19)6-9-22-10-7-17/h3-4,11H,5-10,12H2,1-2H3,(H,18,20). The van der Waals surface area contributed by atoms with Crippen LogP contribution in [0.2, 0.25) is 0 Å². The Kier molecular flexibility index (Phi) is 4.25. The molecule has 0 radical (unpaired) electrons. The summed E-state index contributed by atoms with van der Waals surface area (Å²) in [7, 11) is 1.65. The van der Waals surface area contributed by atoms with Crippen LogP contribution in [-0.4, -0.2) is 44.3 Å². The molecule has 2 amide bonds. The Bertz CT molecular complexity index is 553. The molecular weight excluding hydrogens is 280 g/mol. The van der Waals surface area contributed by atoms with Crippen molar-refractivity contribution in [3.05, 3.63) is 23.8 Å². The predicted molar refractivity (Wildman–Crippen MR) is 85.4 cm³/mol. The second-order valence-corrected chi connectivity index (χ2v) is 6.40. The molecule has 2 heterocycles. The van der Waals surface area contributed by atoms with Gasteiger partial charge in [0.25, 0.3) is 0 Å². The minimum Gasteiger partial charge on any atom is -0.496 e. The fourth-order valence-electron chi connectivity index (χ4n) is 3.48. The molecule has 1 N–H and O–H groups in total. The zero-order valence-corrected chi connectivity index (χ0v) is 13.4. The number of urea groups is 1. The number of benzene rings is 1. The van der Waals surface area contributed by atoms with Gasteiger partial charge in [0.05, 0.1) is 7.11 Å². The molecule has 0 atom stereocenters. The molecule has 120 valence electrons. The van der Waals surface area contributed by atoms with E-state index in [0.717, 1.165) is 62.6 Å². The van der Waals surface area contributed by atoms with Gasteiger partial charge in [-0.1, -0.05) is 0 Å². The zero-order valence-electron chi connectivity index (χ0n) is 13.4. The fourth-order valence-corrected chi connectivity index (χ4v) is 3.48. The number of hydrogen-bond acceptors (Lipinski definition) is 3. The lowest BCUT2D eigenvalue weighted by Crippen LogP contribution is -2.37. The number of aryl methyl sites for hydroxylation is 1. The van der Waals surface area contributed by atoms with Crippen LogP contribution in [0.5, 0.6) is 5.75 Å². The summed E-state index contributed by atoms with van der Waals surface area (Å²) >= 11 is 0. The van der Waals surface area contributed by atoms with Crippen LogP contribution in [0, 0.1) is 12.3 Å². The van der Waals surface area contributed by atoms with Crippen molar-refractivity contribution in [2.24, 2.45) is 5.41 Å². The van der Waals surface area contributed by atoms with Crippen LogP contribution in [-0.2, 0) is 4.74 Å². The van der Waals surface area contributed by atoms with Gasteiger partial charge in [-0.15, -0.1) is 0 Å². The van der Waals surface area contributed by atoms with Crippen molar-refractivity contribution in [3.63, 3.8) is 0 Å². The zero-order chi connectivity index (χ0) is 15.6. The number of nitrogens with zero attached hydrogens (tertiary/aromatic N) is 1. The van der Waals surface area contributed by atoms with Gasteiger partial charge < -0.3 is 19.7 Å². The van der Waals surface area contributed by atoms with E-state index in [1.165, 1.54) is 0 Å². The lowest BCUT2D eigenvalue weighted by Gasteiger charge is -2.33. The maximum absolute atomic E-state index is 12.5. The van der Waals surface area contributed by atoms with Crippen molar-refractivity contribution < 1.29 is 14.3 Å². The molecule has 0 bridgehead atoms. The Hall–Kier alpha value is -1.75. The number of hydrogen-bond donors (Lipinski definition) is 1. The molecule has 1 spiro atoms. The minimum absolute atomic E-state index is 0.00654. The third kappa shape index (κ3) is 3.04. The van der Waals surface area contributed by atoms with Crippen molar-refractivity contribution in [2.45, 2.75) is 26.2 Å². The van der Waals surface area contributed by atoms with Crippen LogP contribution in [0.1, 0.15) is 24.8 Å². The van der Waals surface area contributed by atoms with E-state index in [1.807, 2.05) is 30.0 Å². The van der Waals surface area contributed by atoms with Crippen molar-refractivity contribution in [1.29, 1.82) is 0 Å². The van der Waals surface area contributed by atoms with Crippen LogP contribution in [0.4, 0.5) is 10.5 Å². The average Bonchev–Trinajstić information content (AvgIpc) is 2.92. The minimum atomic E-state index is -0.00654. The molecule has 5 nitrogen and oxygen atoms in total. The third-order valence-corrected chi connectivity index (χ3v) is 4.93. The number of anilines is 1. The van der Waals surface area contributed by atoms with Crippen LogP contribution in [0.3, 0.4) is 0 Å². The number of carbonyl (C=O) groups is 1. The normalized spacial score (nSPS) is 20.2. The van der Waals surface area contributed by atoms with Gasteiger partial charge >= 0.3 is 6.03 Å². The van der Waals surface area contributed by atoms with E-state index >= 15 is 0 Å². The second kappa shape index (κ2) is 6.16. The highest BCUT2D eigenvalue weighted by atomic mass is 16.5. The number of methoxy groups -OCH3 is 1. The number of carbonyl (C=O) groups excluding carboxylic acids is 1. The average molecular weight is 304 g/mol. The molecule has 0 aliphatic carbocycles. The summed E-state index contributed by atoms with van der Waals surface area (Å²) in [6, 6.07) is 5.70. The third-order valence-electron chi connectivity index (χ3n) is 4.93. The summed E-state index contributed by atoms with van der Waals surface area (Å²) in [6.07, 6.45) is 3.22. The summed E-state index contributed by atoms with van der Waals surface area (Å²) in [5, 5.41) is 3.00. The summed E-state index contributed by atoms with van der Waals surface area (Å²) in [5.74, 6) is 0.834. The van der Waals surface area contributed by atoms with Gasteiger partial charge in [-0.05, 0) is 55.4 Å². The number of nitrogens with one attached hydrogen (secondary N) is 1. The van der Waals surface area contributed by atoms with E-state index < -0.39 is 0 Å². The van der Waals surface area contributed by atoms with Crippen molar-refractivity contribution in [2.75, 3.05) is 38.7 Å². The van der Waals surface area contributed by atoms with Gasteiger partial charge in [0, 0.05) is 32.0 Å². The Morgan fingerprint density at radius 1 is 1.32 bits per heavy atom. The summed E-state index contributed by atoms with van der Waals surface area (Å²) in [5.41, 5.74) is 2.12. The SMILES string of the molecule is COc1ccc(NC(=O)N2CCC3(CCOCC3)C2)cc1C. The molecule has 1 aromatic rings. The highest BCUT2D eigenvalue weighted by Crippen LogP contribution is 2.39. The van der Waals surface area contributed by atoms with Crippen molar-refractivity contribution in [3.8, 4) is 5.75 Å². The maximum Gasteiger partial charge on any atom is 0.321 e. The van der Waals surface area contributed by atoms with Gasteiger partial charge in [-0.3, -0.25) is 0 Å². The van der Waals surface area contributed by atoms with Crippen LogP contribution < -0.4 is 10.1 Å². The predicted octanol–water partition coefficient (Wildman–Crippen LogP) is 3.04. The largest absolute Gasteiger partial charge is 0.496 e. The molecule has 22 heavy (non-hydrogen) atoms. The van der Waals surface area contributed by atoms with Gasteiger partial charge in [0.1, 0.15) is 5.75 Å². The molecule has 2 saturated heterocycles. The first kappa shape index (κ1) is 15.2. The van der Waals surface area contributed by atoms with Gasteiger partial charge in [-0.25, -0.2) is 4.79 Å². The quantitative estimate of drug-likeness (QED) is 0.913. The number of amides is 2. The summed E-state index contributed by atoms with van der Waals surface area (Å²) in [4.78, 5) is 14.4. The number of ether oxygens (including phenoxy) is 2. The Morgan fingerprint density at radius 3 is 2.77 bits per heavy atom. The molecule has 2 fully saturated rings.